The topological polar surface area (TPSA) is 58.6 Å². The Balaban J connectivity index is 1.48. The highest BCUT2D eigenvalue weighted by Crippen LogP contribution is 2.29. The van der Waals surface area contributed by atoms with Gasteiger partial charge >= 0.3 is 0 Å². The van der Waals surface area contributed by atoms with Gasteiger partial charge in [-0.15, -0.1) is 11.3 Å². The fraction of sp³-hybridized carbons (Fsp3) is 0.455. The van der Waals surface area contributed by atoms with E-state index in [0.717, 1.165) is 43.8 Å². The number of ketones is 1. The first-order valence-electron chi connectivity index (χ1n) is 9.88. The Morgan fingerprint density at radius 1 is 1.34 bits per heavy atom. The van der Waals surface area contributed by atoms with Crippen molar-refractivity contribution in [2.45, 2.75) is 39.2 Å². The van der Waals surface area contributed by atoms with Crippen LogP contribution in [0.2, 0.25) is 5.02 Å². The van der Waals surface area contributed by atoms with Gasteiger partial charge in [0.05, 0.1) is 17.7 Å². The number of ether oxygens (including phenoxy) is 1. The van der Waals surface area contributed by atoms with Crippen molar-refractivity contribution in [1.82, 2.24) is 4.90 Å². The average molecular weight is 435 g/mol. The van der Waals surface area contributed by atoms with E-state index in [1.54, 1.807) is 32.2 Å². The summed E-state index contributed by atoms with van der Waals surface area (Å²) >= 11 is 7.54. The van der Waals surface area contributed by atoms with Crippen molar-refractivity contribution < 1.29 is 14.3 Å². The number of hydrogen-bond acceptors (Lipinski definition) is 5. The van der Waals surface area contributed by atoms with Crippen LogP contribution in [-0.4, -0.2) is 36.8 Å². The van der Waals surface area contributed by atoms with Crippen LogP contribution in [0.25, 0.3) is 0 Å². The summed E-state index contributed by atoms with van der Waals surface area (Å²) in [6.07, 6.45) is 3.61. The zero-order valence-electron chi connectivity index (χ0n) is 16.9. The fourth-order valence-corrected chi connectivity index (χ4v) is 4.74. The van der Waals surface area contributed by atoms with Crippen LogP contribution in [0.5, 0.6) is 5.75 Å². The van der Waals surface area contributed by atoms with Gasteiger partial charge in [-0.1, -0.05) is 11.6 Å². The summed E-state index contributed by atoms with van der Waals surface area (Å²) in [7, 11) is 1.57. The van der Waals surface area contributed by atoms with Gasteiger partial charge in [0.2, 0.25) is 5.91 Å². The number of rotatable bonds is 8. The molecule has 1 aliphatic heterocycles. The molecule has 5 nitrogen and oxygen atoms in total. The predicted octanol–water partition coefficient (Wildman–Crippen LogP) is 5.24. The summed E-state index contributed by atoms with van der Waals surface area (Å²) < 4.78 is 5.28. The number of anilines is 1. The lowest BCUT2D eigenvalue weighted by Gasteiger charge is -2.32. The van der Waals surface area contributed by atoms with Crippen molar-refractivity contribution in [3.8, 4) is 5.75 Å². The van der Waals surface area contributed by atoms with Gasteiger partial charge in [-0.2, -0.15) is 0 Å². The molecule has 2 heterocycles. The number of amides is 1. The van der Waals surface area contributed by atoms with Gasteiger partial charge < -0.3 is 10.1 Å². The third-order valence-corrected chi connectivity index (χ3v) is 6.54. The van der Waals surface area contributed by atoms with Crippen LogP contribution in [0.3, 0.4) is 0 Å². The van der Waals surface area contributed by atoms with Gasteiger partial charge in [0.25, 0.3) is 0 Å². The molecule has 1 N–H and O–H groups in total. The molecule has 0 saturated carbocycles. The average Bonchev–Trinajstić information content (AvgIpc) is 3.16. The number of hydrogen-bond donors (Lipinski definition) is 1. The van der Waals surface area contributed by atoms with E-state index in [1.165, 1.54) is 16.9 Å². The van der Waals surface area contributed by atoms with Gasteiger partial charge in [-0.3, -0.25) is 14.5 Å². The summed E-state index contributed by atoms with van der Waals surface area (Å²) in [6.45, 7) is 4.52. The molecule has 0 aliphatic carbocycles. The third kappa shape index (κ3) is 6.29. The van der Waals surface area contributed by atoms with E-state index in [9.17, 15) is 9.59 Å². The lowest BCUT2D eigenvalue weighted by molar-refractivity contribution is -0.116. The van der Waals surface area contributed by atoms with Crippen LogP contribution < -0.4 is 10.1 Å². The Kier molecular flexibility index (Phi) is 7.70. The van der Waals surface area contributed by atoms with E-state index in [1.807, 2.05) is 6.07 Å². The van der Waals surface area contributed by atoms with Crippen molar-refractivity contribution in [2.75, 3.05) is 25.5 Å². The number of halogens is 1. The van der Waals surface area contributed by atoms with Crippen LogP contribution in [-0.2, 0) is 11.3 Å². The molecule has 1 fully saturated rings. The smallest absolute Gasteiger partial charge is 0.224 e. The molecule has 2 aromatic rings. The molecule has 1 aromatic heterocycles. The van der Waals surface area contributed by atoms with Crippen LogP contribution in [0.4, 0.5) is 5.69 Å². The molecule has 0 spiro atoms. The summed E-state index contributed by atoms with van der Waals surface area (Å²) in [5.41, 5.74) is 1.81. The second-order valence-corrected chi connectivity index (χ2v) is 8.90. The number of piperidine rings is 1. The Hall–Kier alpha value is -1.89. The molecule has 1 saturated heterocycles. The van der Waals surface area contributed by atoms with Crippen molar-refractivity contribution in [3.63, 3.8) is 0 Å². The highest BCUT2D eigenvalue weighted by Gasteiger charge is 2.21. The molecule has 1 atom stereocenters. The van der Waals surface area contributed by atoms with Crippen LogP contribution >= 0.6 is 22.9 Å². The largest absolute Gasteiger partial charge is 0.495 e. The number of nitrogens with one attached hydrogen (secondary N) is 1. The van der Waals surface area contributed by atoms with Crippen molar-refractivity contribution in [3.05, 3.63) is 45.1 Å². The molecule has 0 unspecified atom stereocenters. The van der Waals surface area contributed by atoms with Crippen LogP contribution in [0.15, 0.2) is 29.6 Å². The van der Waals surface area contributed by atoms with Crippen LogP contribution in [0, 0.1) is 5.92 Å². The minimum atomic E-state index is -0.0216. The van der Waals surface area contributed by atoms with Crippen molar-refractivity contribution in [1.29, 1.82) is 0 Å². The lowest BCUT2D eigenvalue weighted by atomic mass is 9.93. The summed E-state index contributed by atoms with van der Waals surface area (Å²) in [6, 6.07) is 7.19. The summed E-state index contributed by atoms with van der Waals surface area (Å²) in [5, 5.41) is 5.55. The van der Waals surface area contributed by atoms with Gasteiger partial charge in [-0.25, -0.2) is 0 Å². The van der Waals surface area contributed by atoms with Gasteiger partial charge in [-0.05, 0) is 73.9 Å². The van der Waals surface area contributed by atoms with E-state index in [-0.39, 0.29) is 11.7 Å². The molecule has 29 heavy (non-hydrogen) atoms. The Labute approximate surface area is 181 Å². The maximum atomic E-state index is 12.4. The molecule has 7 heteroatoms. The Bertz CT molecular complexity index is 867. The minimum absolute atomic E-state index is 0.0216. The van der Waals surface area contributed by atoms with E-state index >= 15 is 0 Å². The number of methoxy groups -OCH3 is 1. The maximum Gasteiger partial charge on any atom is 0.224 e. The molecule has 1 aromatic carbocycles. The fourth-order valence-electron chi connectivity index (χ4n) is 3.76. The van der Waals surface area contributed by atoms with Crippen molar-refractivity contribution >= 4 is 40.3 Å². The molecular formula is C22H27ClN2O3S. The van der Waals surface area contributed by atoms with Gasteiger partial charge in [0.15, 0.2) is 5.78 Å². The molecule has 156 valence electrons. The Morgan fingerprint density at radius 3 is 2.90 bits per heavy atom. The zero-order valence-corrected chi connectivity index (χ0v) is 18.4. The number of Topliss-reactive ketones (excluding diaryl/α,β-unsaturated/α-hetero) is 1. The molecule has 1 amide bonds. The highest BCUT2D eigenvalue weighted by atomic mass is 35.5. The Morgan fingerprint density at radius 2 is 2.17 bits per heavy atom. The van der Waals surface area contributed by atoms with Crippen LogP contribution in [0.1, 0.15) is 47.8 Å². The maximum absolute atomic E-state index is 12.4. The van der Waals surface area contributed by atoms with E-state index in [0.29, 0.717) is 28.8 Å². The molecular weight excluding hydrogens is 408 g/mol. The normalized spacial score (nSPS) is 17.1. The van der Waals surface area contributed by atoms with E-state index in [4.69, 9.17) is 16.3 Å². The van der Waals surface area contributed by atoms with Crippen molar-refractivity contribution in [2.24, 2.45) is 5.92 Å². The lowest BCUT2D eigenvalue weighted by Crippen LogP contribution is -2.35. The molecule has 0 radical (unpaired) electrons. The first-order chi connectivity index (χ1) is 13.9. The summed E-state index contributed by atoms with van der Waals surface area (Å²) in [4.78, 5) is 27.2. The standard InChI is InChI=1S/C22H27ClN2O3S/c1-15(26)21-10-17(14-29-21)13-25-9-3-4-16(12-25)5-8-22(27)24-19-11-18(23)6-7-20(19)28-2/h6-7,10-11,14,16H,3-5,8-9,12-13H2,1-2H3,(H,24,27)/t16-/m1/s1. The van der Waals surface area contributed by atoms with Gasteiger partial charge in [0, 0.05) is 24.5 Å². The molecule has 0 bridgehead atoms. The number of benzene rings is 1. The third-order valence-electron chi connectivity index (χ3n) is 5.23. The first-order valence-corrected chi connectivity index (χ1v) is 11.1. The quantitative estimate of drug-likeness (QED) is 0.577. The highest BCUT2D eigenvalue weighted by molar-refractivity contribution is 7.12. The number of likely N-dealkylation sites (tertiary alicyclic amines) is 1. The van der Waals surface area contributed by atoms with E-state index in [2.05, 4.69) is 15.6 Å². The number of carbonyl (C=O) groups is 2. The number of thiophene rings is 1. The number of nitrogens with zero attached hydrogens (tertiary/aromatic N) is 1. The second-order valence-electron chi connectivity index (χ2n) is 7.55. The monoisotopic (exact) mass is 434 g/mol. The SMILES string of the molecule is COc1ccc(Cl)cc1NC(=O)CC[C@H]1CCCN(Cc2csc(C(C)=O)c2)C1. The minimum Gasteiger partial charge on any atom is -0.495 e. The van der Waals surface area contributed by atoms with E-state index < -0.39 is 0 Å². The zero-order chi connectivity index (χ0) is 20.8. The predicted molar refractivity (Wildman–Crippen MR) is 118 cm³/mol. The molecule has 1 aliphatic rings. The number of carbonyl (C=O) groups excluding carboxylic acids is 2. The first kappa shape index (κ1) is 21.8. The molecule has 3 rings (SSSR count). The summed E-state index contributed by atoms with van der Waals surface area (Å²) in [5.74, 6) is 1.21. The van der Waals surface area contributed by atoms with Gasteiger partial charge in [0.1, 0.15) is 5.75 Å². The second kappa shape index (κ2) is 10.2.